The first kappa shape index (κ1) is 14.0. The maximum atomic E-state index is 11.4. The molecule has 2 N–H and O–H groups in total. The summed E-state index contributed by atoms with van der Waals surface area (Å²) in [6.07, 6.45) is 0.867. The maximum absolute atomic E-state index is 11.4. The van der Waals surface area contributed by atoms with Gasteiger partial charge < -0.3 is 15.4 Å². The lowest BCUT2D eigenvalue weighted by Gasteiger charge is -2.14. The van der Waals surface area contributed by atoms with Crippen LogP contribution in [-0.2, 0) is 4.74 Å². The maximum Gasteiger partial charge on any atom is 0.314 e. The number of carbonyl (C=O) groups is 1. The van der Waals surface area contributed by atoms with Gasteiger partial charge in [-0.2, -0.15) is 0 Å². The first-order valence-electron chi connectivity index (χ1n) is 5.78. The molecule has 96 valence electrons. The van der Waals surface area contributed by atoms with E-state index in [-0.39, 0.29) is 12.1 Å². The number of methoxy groups -OCH3 is 1. The summed E-state index contributed by atoms with van der Waals surface area (Å²) < 4.78 is 5.37. The number of aryl methyl sites for hydroxylation is 1. The molecule has 0 spiro atoms. The highest BCUT2D eigenvalue weighted by molar-refractivity contribution is 7.12. The second kappa shape index (κ2) is 7.29. The molecule has 0 saturated carbocycles. The van der Waals surface area contributed by atoms with E-state index in [2.05, 4.69) is 23.6 Å². The molecule has 1 rings (SSSR count). The van der Waals surface area contributed by atoms with E-state index in [0.717, 1.165) is 11.3 Å². The van der Waals surface area contributed by atoms with E-state index in [0.29, 0.717) is 13.1 Å². The molecule has 17 heavy (non-hydrogen) atoms. The first-order valence-corrected chi connectivity index (χ1v) is 6.59. The van der Waals surface area contributed by atoms with Crippen molar-refractivity contribution in [2.45, 2.75) is 26.4 Å². The van der Waals surface area contributed by atoms with Gasteiger partial charge >= 0.3 is 6.03 Å². The van der Waals surface area contributed by atoms with Crippen LogP contribution in [0.4, 0.5) is 4.79 Å². The molecule has 1 atom stereocenters. The molecule has 0 aliphatic rings. The Bertz CT molecular complexity index is 352. The second-order valence-electron chi connectivity index (χ2n) is 3.81. The molecule has 0 saturated heterocycles. The van der Waals surface area contributed by atoms with Crippen molar-refractivity contribution < 1.29 is 9.53 Å². The summed E-state index contributed by atoms with van der Waals surface area (Å²) in [7, 11) is 1.66. The Morgan fingerprint density at radius 2 is 2.24 bits per heavy atom. The van der Waals surface area contributed by atoms with Crippen LogP contribution in [0.1, 0.15) is 29.2 Å². The highest BCUT2D eigenvalue weighted by Gasteiger charge is 2.13. The molecule has 0 aliphatic carbocycles. The molecule has 0 bridgehead atoms. The van der Waals surface area contributed by atoms with Gasteiger partial charge in [0.05, 0.1) is 6.54 Å². The Labute approximate surface area is 106 Å². The summed E-state index contributed by atoms with van der Waals surface area (Å²) in [6, 6.07) is 3.96. The molecule has 2 amide bonds. The summed E-state index contributed by atoms with van der Waals surface area (Å²) in [6.45, 7) is 5.27. The lowest BCUT2D eigenvalue weighted by molar-refractivity contribution is 0.107. The number of urea groups is 1. The number of nitrogens with one attached hydrogen (secondary N) is 2. The predicted octanol–water partition coefficient (Wildman–Crippen LogP) is 2.45. The van der Waals surface area contributed by atoms with Gasteiger partial charge in [-0.3, -0.25) is 0 Å². The van der Waals surface area contributed by atoms with Crippen molar-refractivity contribution in [3.05, 3.63) is 21.9 Å². The van der Waals surface area contributed by atoms with Crippen LogP contribution in [0, 0.1) is 6.92 Å². The number of carbonyl (C=O) groups excluding carboxylic acids is 1. The van der Waals surface area contributed by atoms with Gasteiger partial charge in [-0.25, -0.2) is 4.79 Å². The number of hydrogen-bond acceptors (Lipinski definition) is 3. The van der Waals surface area contributed by atoms with E-state index in [9.17, 15) is 4.79 Å². The SMILES string of the molecule is CCCNC(=O)NCC(OC)c1ccc(C)s1. The molecule has 0 fully saturated rings. The largest absolute Gasteiger partial charge is 0.374 e. The van der Waals surface area contributed by atoms with Crippen LogP contribution < -0.4 is 10.6 Å². The average Bonchev–Trinajstić information content (AvgIpc) is 2.74. The van der Waals surface area contributed by atoms with Gasteiger partial charge in [0.2, 0.25) is 0 Å². The van der Waals surface area contributed by atoms with Crippen LogP contribution in [0.3, 0.4) is 0 Å². The Morgan fingerprint density at radius 3 is 2.76 bits per heavy atom. The van der Waals surface area contributed by atoms with Crippen molar-refractivity contribution >= 4 is 17.4 Å². The van der Waals surface area contributed by atoms with Crippen LogP contribution in [-0.4, -0.2) is 26.2 Å². The minimum absolute atomic E-state index is 0.0684. The predicted molar refractivity (Wildman–Crippen MR) is 70.5 cm³/mol. The highest BCUT2D eigenvalue weighted by Crippen LogP contribution is 2.24. The summed E-state index contributed by atoms with van der Waals surface area (Å²) >= 11 is 1.69. The third kappa shape index (κ3) is 4.75. The molecule has 1 heterocycles. The Balaban J connectivity index is 2.40. The summed E-state index contributed by atoms with van der Waals surface area (Å²) in [5.74, 6) is 0. The molecular formula is C12H20N2O2S. The van der Waals surface area contributed by atoms with Crippen LogP contribution in [0.2, 0.25) is 0 Å². The topological polar surface area (TPSA) is 50.4 Å². The fourth-order valence-corrected chi connectivity index (χ4v) is 2.37. The van der Waals surface area contributed by atoms with Crippen LogP contribution >= 0.6 is 11.3 Å². The van der Waals surface area contributed by atoms with Crippen molar-refractivity contribution in [1.29, 1.82) is 0 Å². The van der Waals surface area contributed by atoms with Crippen molar-refractivity contribution in [2.24, 2.45) is 0 Å². The minimum atomic E-state index is -0.137. The zero-order chi connectivity index (χ0) is 12.7. The quantitative estimate of drug-likeness (QED) is 0.821. The fourth-order valence-electron chi connectivity index (χ4n) is 1.41. The lowest BCUT2D eigenvalue weighted by Crippen LogP contribution is -2.38. The van der Waals surface area contributed by atoms with E-state index in [4.69, 9.17) is 4.74 Å². The van der Waals surface area contributed by atoms with Crippen molar-refractivity contribution in [2.75, 3.05) is 20.2 Å². The first-order chi connectivity index (χ1) is 8.17. The average molecular weight is 256 g/mol. The Hall–Kier alpha value is -1.07. The molecule has 5 heteroatoms. The van der Waals surface area contributed by atoms with E-state index >= 15 is 0 Å². The molecule has 0 aliphatic heterocycles. The summed E-state index contributed by atoms with van der Waals surface area (Å²) in [4.78, 5) is 13.8. The fraction of sp³-hybridized carbons (Fsp3) is 0.583. The number of ether oxygens (including phenoxy) is 1. The van der Waals surface area contributed by atoms with E-state index in [1.165, 1.54) is 4.88 Å². The monoisotopic (exact) mass is 256 g/mol. The van der Waals surface area contributed by atoms with Gasteiger partial charge in [-0.05, 0) is 25.5 Å². The molecule has 4 nitrogen and oxygen atoms in total. The number of thiophene rings is 1. The van der Waals surface area contributed by atoms with Crippen LogP contribution in [0.15, 0.2) is 12.1 Å². The minimum Gasteiger partial charge on any atom is -0.374 e. The number of rotatable bonds is 6. The van der Waals surface area contributed by atoms with Gasteiger partial charge in [0.25, 0.3) is 0 Å². The Morgan fingerprint density at radius 1 is 1.47 bits per heavy atom. The van der Waals surface area contributed by atoms with Crippen molar-refractivity contribution in [3.63, 3.8) is 0 Å². The van der Waals surface area contributed by atoms with Crippen molar-refractivity contribution in [3.8, 4) is 0 Å². The third-order valence-corrected chi connectivity index (χ3v) is 3.44. The van der Waals surface area contributed by atoms with E-state index in [1.54, 1.807) is 18.4 Å². The number of amides is 2. The lowest BCUT2D eigenvalue weighted by atomic mass is 10.3. The van der Waals surface area contributed by atoms with E-state index in [1.807, 2.05) is 13.0 Å². The van der Waals surface area contributed by atoms with E-state index < -0.39 is 0 Å². The molecule has 0 radical (unpaired) electrons. The molecule has 0 aromatic carbocycles. The zero-order valence-corrected chi connectivity index (χ0v) is 11.4. The standard InChI is InChI=1S/C12H20N2O2S/c1-4-7-13-12(15)14-8-10(16-3)11-6-5-9(2)17-11/h5-6,10H,4,7-8H2,1-3H3,(H2,13,14,15). The van der Waals surface area contributed by atoms with Crippen molar-refractivity contribution in [1.82, 2.24) is 10.6 Å². The third-order valence-electron chi connectivity index (χ3n) is 2.35. The van der Waals surface area contributed by atoms with Crippen LogP contribution in [0.5, 0.6) is 0 Å². The molecule has 1 unspecified atom stereocenters. The molecule has 1 aromatic heterocycles. The zero-order valence-electron chi connectivity index (χ0n) is 10.6. The summed E-state index contributed by atoms with van der Waals surface area (Å²) in [5, 5.41) is 5.57. The van der Waals surface area contributed by atoms with Gasteiger partial charge in [-0.1, -0.05) is 6.92 Å². The molecule has 1 aromatic rings. The van der Waals surface area contributed by atoms with Gasteiger partial charge in [0, 0.05) is 23.4 Å². The van der Waals surface area contributed by atoms with Gasteiger partial charge in [-0.15, -0.1) is 11.3 Å². The second-order valence-corrected chi connectivity index (χ2v) is 5.13. The highest BCUT2D eigenvalue weighted by atomic mass is 32.1. The summed E-state index contributed by atoms with van der Waals surface area (Å²) in [5.41, 5.74) is 0. The smallest absolute Gasteiger partial charge is 0.314 e. The van der Waals surface area contributed by atoms with Gasteiger partial charge in [0.15, 0.2) is 0 Å². The molecular weight excluding hydrogens is 236 g/mol. The Kier molecular flexibility index (Phi) is 6.00. The van der Waals surface area contributed by atoms with Gasteiger partial charge in [0.1, 0.15) is 6.10 Å². The normalized spacial score (nSPS) is 12.2. The van der Waals surface area contributed by atoms with Crippen LogP contribution in [0.25, 0.3) is 0 Å². The number of hydrogen-bond donors (Lipinski definition) is 2.